The number of aromatic nitrogens is 2. The zero-order valence-corrected chi connectivity index (χ0v) is 10.8. The van der Waals surface area contributed by atoms with Crippen LogP contribution in [0.25, 0.3) is 0 Å². The van der Waals surface area contributed by atoms with Crippen LogP contribution < -0.4 is 5.32 Å². The molecule has 0 atom stereocenters. The molecule has 0 aliphatic carbocycles. The van der Waals surface area contributed by atoms with Crippen molar-refractivity contribution in [1.82, 2.24) is 14.9 Å². The quantitative estimate of drug-likeness (QED) is 0.852. The van der Waals surface area contributed by atoms with Crippen LogP contribution in [-0.4, -0.2) is 21.4 Å². The van der Waals surface area contributed by atoms with Gasteiger partial charge in [0.15, 0.2) is 0 Å². The molecule has 2 aromatic rings. The molecule has 0 saturated carbocycles. The number of nitrogens with zero attached hydrogens (tertiary/aromatic N) is 3. The first-order chi connectivity index (χ1) is 9.31. The van der Waals surface area contributed by atoms with Gasteiger partial charge in [0.1, 0.15) is 5.82 Å². The van der Waals surface area contributed by atoms with Crippen LogP contribution in [0, 0.1) is 7.05 Å². The van der Waals surface area contributed by atoms with Gasteiger partial charge in [0, 0.05) is 18.3 Å². The second-order valence-electron chi connectivity index (χ2n) is 4.78. The lowest BCUT2D eigenvalue weighted by Gasteiger charge is -2.30. The molecule has 4 heteroatoms. The van der Waals surface area contributed by atoms with Crippen LogP contribution in [0.15, 0.2) is 36.5 Å². The minimum Gasteiger partial charge on any atom is -0.455 e. The Bertz CT molecular complexity index is 553. The van der Waals surface area contributed by atoms with Crippen LogP contribution in [0.3, 0.4) is 0 Å². The summed E-state index contributed by atoms with van der Waals surface area (Å²) in [5, 5.41) is 3.32. The molecule has 1 N–H and O–H groups in total. The summed E-state index contributed by atoms with van der Waals surface area (Å²) >= 11 is 0. The summed E-state index contributed by atoms with van der Waals surface area (Å²) in [4.78, 5) is 11.0. The number of rotatable bonds is 3. The van der Waals surface area contributed by atoms with Crippen LogP contribution in [0.2, 0.25) is 0 Å². The average molecular weight is 253 g/mol. The molecule has 2 aromatic heterocycles. The fraction of sp³-hybridized carbons (Fsp3) is 0.267. The molecule has 98 valence electrons. The van der Waals surface area contributed by atoms with Gasteiger partial charge >= 0.3 is 0 Å². The normalized spacial score (nSPS) is 15.0. The van der Waals surface area contributed by atoms with E-state index in [2.05, 4.69) is 33.3 Å². The lowest BCUT2D eigenvalue weighted by molar-refractivity contribution is 0.344. The van der Waals surface area contributed by atoms with Crippen molar-refractivity contribution >= 4 is 5.82 Å². The van der Waals surface area contributed by atoms with E-state index >= 15 is 0 Å². The van der Waals surface area contributed by atoms with Crippen molar-refractivity contribution in [1.29, 1.82) is 0 Å². The fourth-order valence-electron chi connectivity index (χ4n) is 2.26. The van der Waals surface area contributed by atoms with Gasteiger partial charge in [0.2, 0.25) is 0 Å². The zero-order valence-electron chi connectivity index (χ0n) is 10.8. The molecule has 19 heavy (non-hydrogen) atoms. The molecule has 1 aliphatic heterocycles. The summed E-state index contributed by atoms with van der Waals surface area (Å²) in [5.41, 5.74) is 3.49. The molecule has 3 rings (SSSR count). The van der Waals surface area contributed by atoms with E-state index < -0.39 is 0 Å². The maximum Gasteiger partial charge on any atom is 0.126 e. The van der Waals surface area contributed by atoms with Gasteiger partial charge in [0.25, 0.3) is 0 Å². The predicted octanol–water partition coefficient (Wildman–Crippen LogP) is 2.24. The first-order valence-electron chi connectivity index (χ1n) is 6.49. The minimum absolute atomic E-state index is 0.702. The summed E-state index contributed by atoms with van der Waals surface area (Å²) in [6, 6.07) is 10.1. The summed E-state index contributed by atoms with van der Waals surface area (Å²) in [6.45, 7) is 2.57. The van der Waals surface area contributed by atoms with Gasteiger partial charge < -0.3 is 10.2 Å². The standard InChI is InChI=1S/C15H17N4/c1-19-9-7-14-12(11-19)5-6-15(18-14)17-10-13-4-2-3-8-16-13/h2-6,8H,1,7,9-11H2,(H,17,18)/q-1. The van der Waals surface area contributed by atoms with E-state index in [4.69, 9.17) is 0 Å². The first kappa shape index (κ1) is 12.1. The summed E-state index contributed by atoms with van der Waals surface area (Å²) in [6.07, 6.45) is 2.78. The molecule has 0 fully saturated rings. The Morgan fingerprint density at radius 2 is 2.21 bits per heavy atom. The van der Waals surface area contributed by atoms with Crippen molar-refractivity contribution in [3.8, 4) is 0 Å². The third-order valence-corrected chi connectivity index (χ3v) is 3.30. The molecule has 0 unspecified atom stereocenters. The summed E-state index contributed by atoms with van der Waals surface area (Å²) in [7, 11) is 3.98. The highest BCUT2D eigenvalue weighted by Crippen LogP contribution is 2.18. The largest absolute Gasteiger partial charge is 0.455 e. The molecular weight excluding hydrogens is 236 g/mol. The molecule has 0 radical (unpaired) electrons. The van der Waals surface area contributed by atoms with E-state index in [1.165, 1.54) is 11.3 Å². The molecule has 0 aromatic carbocycles. The molecule has 0 bridgehead atoms. The zero-order chi connectivity index (χ0) is 13.1. The van der Waals surface area contributed by atoms with E-state index in [-0.39, 0.29) is 0 Å². The maximum atomic E-state index is 4.67. The van der Waals surface area contributed by atoms with Crippen LogP contribution in [-0.2, 0) is 19.5 Å². The molecule has 0 saturated heterocycles. The Kier molecular flexibility index (Phi) is 3.42. The molecule has 0 spiro atoms. The van der Waals surface area contributed by atoms with Gasteiger partial charge in [-0.15, -0.1) is 0 Å². The summed E-state index contributed by atoms with van der Waals surface area (Å²) < 4.78 is 0. The van der Waals surface area contributed by atoms with Crippen molar-refractivity contribution in [3.05, 3.63) is 60.5 Å². The van der Waals surface area contributed by atoms with Gasteiger partial charge in [0.05, 0.1) is 12.2 Å². The Balaban J connectivity index is 1.69. The number of hydrogen-bond acceptors (Lipinski definition) is 4. The second-order valence-corrected chi connectivity index (χ2v) is 4.78. The molecular formula is C15H17N4-. The minimum atomic E-state index is 0.702. The van der Waals surface area contributed by atoms with E-state index in [0.29, 0.717) is 6.54 Å². The van der Waals surface area contributed by atoms with Crippen molar-refractivity contribution in [3.63, 3.8) is 0 Å². The monoisotopic (exact) mass is 253 g/mol. The van der Waals surface area contributed by atoms with Gasteiger partial charge in [-0.1, -0.05) is 12.1 Å². The van der Waals surface area contributed by atoms with Gasteiger partial charge in [-0.25, -0.2) is 4.98 Å². The number of nitrogens with one attached hydrogen (secondary N) is 1. The van der Waals surface area contributed by atoms with E-state index in [1.54, 1.807) is 6.20 Å². The van der Waals surface area contributed by atoms with Gasteiger partial charge in [-0.05, 0) is 36.9 Å². The third kappa shape index (κ3) is 2.90. The lowest BCUT2D eigenvalue weighted by Crippen LogP contribution is -2.25. The number of anilines is 1. The molecule has 4 nitrogen and oxygen atoms in total. The van der Waals surface area contributed by atoms with E-state index in [0.717, 1.165) is 31.0 Å². The predicted molar refractivity (Wildman–Crippen MR) is 75.3 cm³/mol. The van der Waals surface area contributed by atoms with E-state index in [1.807, 2.05) is 24.3 Å². The Hall–Kier alpha value is -1.94. The summed E-state index contributed by atoms with van der Waals surface area (Å²) in [5.74, 6) is 0.918. The van der Waals surface area contributed by atoms with Crippen LogP contribution in [0.4, 0.5) is 5.82 Å². The molecule has 3 heterocycles. The van der Waals surface area contributed by atoms with Crippen molar-refractivity contribution in [2.45, 2.75) is 19.5 Å². The maximum absolute atomic E-state index is 4.67. The third-order valence-electron chi connectivity index (χ3n) is 3.30. The second kappa shape index (κ2) is 5.36. The SMILES string of the molecule is [CH2-]N1CCc2nc(NCc3ccccn3)ccc2C1. The number of pyridine rings is 2. The van der Waals surface area contributed by atoms with Gasteiger partial charge in [-0.2, -0.15) is 0 Å². The van der Waals surface area contributed by atoms with Crippen LogP contribution >= 0.6 is 0 Å². The fourth-order valence-corrected chi connectivity index (χ4v) is 2.26. The smallest absolute Gasteiger partial charge is 0.126 e. The Morgan fingerprint density at radius 3 is 3.05 bits per heavy atom. The van der Waals surface area contributed by atoms with Crippen molar-refractivity contribution < 1.29 is 0 Å². The first-order valence-corrected chi connectivity index (χ1v) is 6.49. The Labute approximate surface area is 113 Å². The lowest BCUT2D eigenvalue weighted by atomic mass is 10.1. The number of hydrogen-bond donors (Lipinski definition) is 1. The molecule has 1 aliphatic rings. The topological polar surface area (TPSA) is 41.1 Å². The highest BCUT2D eigenvalue weighted by molar-refractivity contribution is 5.40. The van der Waals surface area contributed by atoms with Crippen molar-refractivity contribution in [2.24, 2.45) is 0 Å². The van der Waals surface area contributed by atoms with Crippen LogP contribution in [0.5, 0.6) is 0 Å². The number of fused-ring (bicyclic) bond motifs is 1. The highest BCUT2D eigenvalue weighted by Gasteiger charge is 2.11. The highest BCUT2D eigenvalue weighted by atomic mass is 15.1. The average Bonchev–Trinajstić information content (AvgIpc) is 2.46. The van der Waals surface area contributed by atoms with E-state index in [9.17, 15) is 0 Å². The van der Waals surface area contributed by atoms with Crippen molar-refractivity contribution in [2.75, 3.05) is 11.9 Å². The Morgan fingerprint density at radius 1 is 1.26 bits per heavy atom. The molecule has 0 amide bonds. The van der Waals surface area contributed by atoms with Gasteiger partial charge in [-0.3, -0.25) is 12.0 Å². The van der Waals surface area contributed by atoms with Crippen LogP contribution in [0.1, 0.15) is 17.0 Å².